The predicted molar refractivity (Wildman–Crippen MR) is 89.2 cm³/mol. The van der Waals surface area contributed by atoms with Crippen molar-refractivity contribution in [1.29, 1.82) is 0 Å². The SMILES string of the molecule is CCCCCCCOc1cc(OCCC)ccc1CNC. The summed E-state index contributed by atoms with van der Waals surface area (Å²) in [6, 6.07) is 6.14. The molecule has 0 unspecified atom stereocenters. The quantitative estimate of drug-likeness (QED) is 0.574. The highest BCUT2D eigenvalue weighted by Crippen LogP contribution is 2.25. The second-order valence-electron chi connectivity index (χ2n) is 5.41. The number of benzene rings is 1. The number of ether oxygens (including phenoxy) is 2. The van der Waals surface area contributed by atoms with Gasteiger partial charge < -0.3 is 14.8 Å². The summed E-state index contributed by atoms with van der Waals surface area (Å²) in [5, 5.41) is 3.18. The van der Waals surface area contributed by atoms with Gasteiger partial charge in [-0.05, 0) is 26.0 Å². The van der Waals surface area contributed by atoms with Crippen LogP contribution in [0.1, 0.15) is 57.9 Å². The van der Waals surface area contributed by atoms with Gasteiger partial charge in [-0.15, -0.1) is 0 Å². The van der Waals surface area contributed by atoms with Crippen molar-refractivity contribution in [2.24, 2.45) is 0 Å². The Morgan fingerprint density at radius 1 is 0.905 bits per heavy atom. The van der Waals surface area contributed by atoms with Crippen molar-refractivity contribution < 1.29 is 9.47 Å². The van der Waals surface area contributed by atoms with Crippen molar-refractivity contribution in [1.82, 2.24) is 5.32 Å². The number of rotatable bonds is 12. The zero-order chi connectivity index (χ0) is 15.3. The van der Waals surface area contributed by atoms with E-state index in [1.807, 2.05) is 19.2 Å². The van der Waals surface area contributed by atoms with Gasteiger partial charge in [0.1, 0.15) is 11.5 Å². The summed E-state index contributed by atoms with van der Waals surface area (Å²) < 4.78 is 11.7. The van der Waals surface area contributed by atoms with E-state index < -0.39 is 0 Å². The summed E-state index contributed by atoms with van der Waals surface area (Å²) in [7, 11) is 1.95. The van der Waals surface area contributed by atoms with Gasteiger partial charge in [0.25, 0.3) is 0 Å². The Hall–Kier alpha value is -1.22. The van der Waals surface area contributed by atoms with E-state index in [9.17, 15) is 0 Å². The third-order valence-corrected chi connectivity index (χ3v) is 3.38. The molecule has 1 aromatic carbocycles. The van der Waals surface area contributed by atoms with Gasteiger partial charge in [-0.1, -0.05) is 45.6 Å². The third kappa shape index (κ3) is 7.37. The molecule has 21 heavy (non-hydrogen) atoms. The first-order chi connectivity index (χ1) is 10.3. The minimum absolute atomic E-state index is 0.752. The maximum atomic E-state index is 5.97. The lowest BCUT2D eigenvalue weighted by atomic mass is 10.1. The van der Waals surface area contributed by atoms with E-state index in [4.69, 9.17) is 9.47 Å². The molecular formula is C18H31NO2. The second kappa shape index (κ2) is 11.4. The zero-order valence-electron chi connectivity index (χ0n) is 13.9. The number of unbranched alkanes of at least 4 members (excludes halogenated alkanes) is 4. The van der Waals surface area contributed by atoms with Crippen LogP contribution in [0.5, 0.6) is 11.5 Å². The van der Waals surface area contributed by atoms with Crippen LogP contribution in [0.3, 0.4) is 0 Å². The molecule has 3 nitrogen and oxygen atoms in total. The standard InChI is InChI=1S/C18H31NO2/c1-4-6-7-8-9-13-21-18-14-17(20-12-5-2)11-10-16(18)15-19-3/h10-11,14,19H,4-9,12-13,15H2,1-3H3. The fourth-order valence-corrected chi connectivity index (χ4v) is 2.20. The average molecular weight is 293 g/mol. The van der Waals surface area contributed by atoms with Crippen molar-refractivity contribution in [2.45, 2.75) is 58.9 Å². The number of hydrogen-bond donors (Lipinski definition) is 1. The molecule has 0 saturated heterocycles. The Bertz CT molecular complexity index is 379. The van der Waals surface area contributed by atoms with Crippen LogP contribution >= 0.6 is 0 Å². The van der Waals surface area contributed by atoms with Gasteiger partial charge >= 0.3 is 0 Å². The lowest BCUT2D eigenvalue weighted by Crippen LogP contribution is -2.08. The molecule has 0 aliphatic rings. The minimum Gasteiger partial charge on any atom is -0.493 e. The van der Waals surface area contributed by atoms with Gasteiger partial charge in [-0.3, -0.25) is 0 Å². The molecule has 0 saturated carbocycles. The third-order valence-electron chi connectivity index (χ3n) is 3.38. The van der Waals surface area contributed by atoms with Crippen LogP contribution in [0.2, 0.25) is 0 Å². The van der Waals surface area contributed by atoms with Crippen molar-refractivity contribution in [3.63, 3.8) is 0 Å². The predicted octanol–water partition coefficient (Wildman–Crippen LogP) is 4.54. The van der Waals surface area contributed by atoms with E-state index in [1.165, 1.54) is 31.2 Å². The maximum Gasteiger partial charge on any atom is 0.127 e. The number of hydrogen-bond acceptors (Lipinski definition) is 3. The molecule has 3 heteroatoms. The molecule has 120 valence electrons. The zero-order valence-corrected chi connectivity index (χ0v) is 13.9. The van der Waals surface area contributed by atoms with Crippen LogP contribution < -0.4 is 14.8 Å². The van der Waals surface area contributed by atoms with Gasteiger partial charge in [0, 0.05) is 18.2 Å². The van der Waals surface area contributed by atoms with Crippen LogP contribution in [0.4, 0.5) is 0 Å². The van der Waals surface area contributed by atoms with Crippen LogP contribution in [-0.2, 0) is 6.54 Å². The monoisotopic (exact) mass is 293 g/mol. The molecule has 0 amide bonds. The molecular weight excluding hydrogens is 262 g/mol. The Labute approximate surface area is 130 Å². The van der Waals surface area contributed by atoms with Gasteiger partial charge in [-0.2, -0.15) is 0 Å². The van der Waals surface area contributed by atoms with E-state index in [-0.39, 0.29) is 0 Å². The Balaban J connectivity index is 2.50. The van der Waals surface area contributed by atoms with Gasteiger partial charge in [0.15, 0.2) is 0 Å². The largest absolute Gasteiger partial charge is 0.493 e. The summed E-state index contributed by atoms with van der Waals surface area (Å²) in [6.07, 6.45) is 7.31. The van der Waals surface area contributed by atoms with Crippen molar-refractivity contribution >= 4 is 0 Å². The fraction of sp³-hybridized carbons (Fsp3) is 0.667. The minimum atomic E-state index is 0.752. The molecule has 0 bridgehead atoms. The summed E-state index contributed by atoms with van der Waals surface area (Å²) >= 11 is 0. The highest BCUT2D eigenvalue weighted by Gasteiger charge is 2.06. The van der Waals surface area contributed by atoms with E-state index in [0.717, 1.165) is 44.1 Å². The van der Waals surface area contributed by atoms with Crippen molar-refractivity contribution in [3.05, 3.63) is 23.8 Å². The summed E-state index contributed by atoms with van der Waals surface area (Å²) in [5.41, 5.74) is 1.19. The average Bonchev–Trinajstić information content (AvgIpc) is 2.50. The summed E-state index contributed by atoms with van der Waals surface area (Å²) in [5.74, 6) is 1.85. The van der Waals surface area contributed by atoms with E-state index >= 15 is 0 Å². The lowest BCUT2D eigenvalue weighted by molar-refractivity contribution is 0.291. The highest BCUT2D eigenvalue weighted by atomic mass is 16.5. The molecule has 1 aromatic rings. The normalized spacial score (nSPS) is 10.6. The van der Waals surface area contributed by atoms with Gasteiger partial charge in [0.2, 0.25) is 0 Å². The molecule has 0 aliphatic heterocycles. The first-order valence-electron chi connectivity index (χ1n) is 8.34. The highest BCUT2D eigenvalue weighted by molar-refractivity contribution is 5.40. The van der Waals surface area contributed by atoms with Crippen LogP contribution in [0.25, 0.3) is 0 Å². The molecule has 0 aromatic heterocycles. The molecule has 0 aliphatic carbocycles. The lowest BCUT2D eigenvalue weighted by Gasteiger charge is -2.13. The topological polar surface area (TPSA) is 30.5 Å². The van der Waals surface area contributed by atoms with Crippen molar-refractivity contribution in [3.8, 4) is 11.5 Å². The molecule has 0 spiro atoms. The Morgan fingerprint density at radius 3 is 2.43 bits per heavy atom. The second-order valence-corrected chi connectivity index (χ2v) is 5.41. The van der Waals surface area contributed by atoms with Gasteiger partial charge in [-0.25, -0.2) is 0 Å². The van der Waals surface area contributed by atoms with Gasteiger partial charge in [0.05, 0.1) is 13.2 Å². The van der Waals surface area contributed by atoms with Crippen LogP contribution in [0, 0.1) is 0 Å². The molecule has 1 rings (SSSR count). The first kappa shape index (κ1) is 17.8. The fourth-order valence-electron chi connectivity index (χ4n) is 2.20. The Kier molecular flexibility index (Phi) is 9.71. The van der Waals surface area contributed by atoms with E-state index in [1.54, 1.807) is 0 Å². The van der Waals surface area contributed by atoms with Crippen molar-refractivity contribution in [2.75, 3.05) is 20.3 Å². The molecule has 0 atom stereocenters. The van der Waals surface area contributed by atoms with E-state index in [2.05, 4.69) is 25.2 Å². The molecule has 0 radical (unpaired) electrons. The molecule has 1 N–H and O–H groups in total. The summed E-state index contributed by atoms with van der Waals surface area (Å²) in [4.78, 5) is 0. The van der Waals surface area contributed by atoms with E-state index in [0.29, 0.717) is 0 Å². The maximum absolute atomic E-state index is 5.97. The Morgan fingerprint density at radius 2 is 1.71 bits per heavy atom. The van der Waals surface area contributed by atoms with Crippen LogP contribution in [-0.4, -0.2) is 20.3 Å². The smallest absolute Gasteiger partial charge is 0.127 e. The summed E-state index contributed by atoms with van der Waals surface area (Å²) in [6.45, 7) is 6.71. The van der Waals surface area contributed by atoms with Crippen LogP contribution in [0.15, 0.2) is 18.2 Å². The molecule has 0 heterocycles. The first-order valence-corrected chi connectivity index (χ1v) is 8.34. The molecule has 0 fully saturated rings. The number of nitrogens with one attached hydrogen (secondary N) is 1.